The highest BCUT2D eigenvalue weighted by atomic mass is 16.7. The molecule has 5 heteroatoms. The van der Waals surface area contributed by atoms with Gasteiger partial charge in [0.25, 0.3) is 0 Å². The van der Waals surface area contributed by atoms with E-state index < -0.39 is 11.8 Å². The molecule has 31 heavy (non-hydrogen) atoms. The fraction of sp³-hybridized carbons (Fsp3) is 0.231. The van der Waals surface area contributed by atoms with Crippen molar-refractivity contribution in [2.75, 3.05) is 13.2 Å². The van der Waals surface area contributed by atoms with Crippen LogP contribution in [-0.2, 0) is 15.0 Å². The molecule has 1 aromatic heterocycles. The standard InChI is InChI=1S/C26H27N3O2/c1-3-30-25(31-4-2)24-27-20-29(28-24)26(21-14-8-5-9-15-21,22-16-10-6-11-17-22)23-18-12-7-13-19-23/h5-20,25H,3-4H2,1-2H3. The molecule has 0 N–H and O–H groups in total. The first kappa shape index (κ1) is 21.0. The Bertz CT molecular complexity index is 963. The molecule has 3 aromatic carbocycles. The first-order valence-electron chi connectivity index (χ1n) is 10.6. The Kier molecular flexibility index (Phi) is 6.55. The van der Waals surface area contributed by atoms with Gasteiger partial charge in [0, 0.05) is 13.2 Å². The van der Waals surface area contributed by atoms with Crippen molar-refractivity contribution in [2.24, 2.45) is 0 Å². The molecule has 0 bridgehead atoms. The molecule has 4 rings (SSSR count). The lowest BCUT2D eigenvalue weighted by atomic mass is 9.77. The van der Waals surface area contributed by atoms with Gasteiger partial charge in [-0.1, -0.05) is 91.0 Å². The molecule has 0 saturated carbocycles. The third-order valence-electron chi connectivity index (χ3n) is 5.27. The summed E-state index contributed by atoms with van der Waals surface area (Å²) in [5.41, 5.74) is 2.58. The summed E-state index contributed by atoms with van der Waals surface area (Å²) in [5.74, 6) is 0.510. The van der Waals surface area contributed by atoms with Crippen molar-refractivity contribution < 1.29 is 9.47 Å². The lowest BCUT2D eigenvalue weighted by Gasteiger charge is -2.35. The predicted molar refractivity (Wildman–Crippen MR) is 121 cm³/mol. The minimum Gasteiger partial charge on any atom is -0.346 e. The molecule has 0 spiro atoms. The maximum atomic E-state index is 5.75. The number of hydrogen-bond donors (Lipinski definition) is 0. The van der Waals surface area contributed by atoms with Crippen LogP contribution in [0.25, 0.3) is 0 Å². The lowest BCUT2D eigenvalue weighted by Crippen LogP contribution is -2.38. The van der Waals surface area contributed by atoms with Crippen LogP contribution in [0.2, 0.25) is 0 Å². The molecule has 0 atom stereocenters. The number of aromatic nitrogens is 3. The highest BCUT2D eigenvalue weighted by Crippen LogP contribution is 2.40. The maximum Gasteiger partial charge on any atom is 0.221 e. The van der Waals surface area contributed by atoms with E-state index in [1.807, 2.05) is 36.7 Å². The van der Waals surface area contributed by atoms with Gasteiger partial charge in [-0.2, -0.15) is 0 Å². The minimum atomic E-state index is -0.696. The Hall–Kier alpha value is -3.28. The van der Waals surface area contributed by atoms with Gasteiger partial charge in [-0.25, -0.2) is 9.67 Å². The molecule has 0 aliphatic heterocycles. The number of benzene rings is 3. The van der Waals surface area contributed by atoms with Crippen molar-refractivity contribution >= 4 is 0 Å². The molecular formula is C26H27N3O2. The first-order chi connectivity index (χ1) is 15.3. The van der Waals surface area contributed by atoms with E-state index >= 15 is 0 Å². The van der Waals surface area contributed by atoms with Gasteiger partial charge in [0.15, 0.2) is 0 Å². The van der Waals surface area contributed by atoms with Crippen LogP contribution in [0.3, 0.4) is 0 Å². The van der Waals surface area contributed by atoms with E-state index in [-0.39, 0.29) is 0 Å². The van der Waals surface area contributed by atoms with Crippen LogP contribution in [0.1, 0.15) is 42.7 Å². The average molecular weight is 414 g/mol. The van der Waals surface area contributed by atoms with Gasteiger partial charge in [-0.3, -0.25) is 0 Å². The Morgan fingerprint density at radius 1 is 0.710 bits per heavy atom. The van der Waals surface area contributed by atoms with Crippen LogP contribution in [0.4, 0.5) is 0 Å². The number of rotatable bonds is 9. The van der Waals surface area contributed by atoms with Gasteiger partial charge in [0.05, 0.1) is 0 Å². The normalized spacial score (nSPS) is 11.7. The second kappa shape index (κ2) is 9.69. The Morgan fingerprint density at radius 3 is 1.52 bits per heavy atom. The van der Waals surface area contributed by atoms with Crippen LogP contribution in [0.15, 0.2) is 97.3 Å². The molecule has 0 unspecified atom stereocenters. The predicted octanol–water partition coefficient (Wildman–Crippen LogP) is 5.19. The van der Waals surface area contributed by atoms with E-state index in [0.717, 1.165) is 16.7 Å². The van der Waals surface area contributed by atoms with Crippen molar-refractivity contribution in [3.05, 3.63) is 120 Å². The fourth-order valence-corrected chi connectivity index (χ4v) is 3.98. The van der Waals surface area contributed by atoms with E-state index in [1.54, 1.807) is 6.33 Å². The van der Waals surface area contributed by atoms with Crippen LogP contribution in [0, 0.1) is 0 Å². The molecule has 5 nitrogen and oxygen atoms in total. The van der Waals surface area contributed by atoms with E-state index in [0.29, 0.717) is 19.0 Å². The van der Waals surface area contributed by atoms with Crippen LogP contribution < -0.4 is 0 Å². The highest BCUT2D eigenvalue weighted by molar-refractivity contribution is 5.50. The summed E-state index contributed by atoms with van der Waals surface area (Å²) in [5, 5.41) is 4.91. The summed E-state index contributed by atoms with van der Waals surface area (Å²) >= 11 is 0. The van der Waals surface area contributed by atoms with Gasteiger partial charge in [0.1, 0.15) is 11.9 Å². The summed E-state index contributed by atoms with van der Waals surface area (Å²) in [6, 6.07) is 31.2. The van der Waals surface area contributed by atoms with E-state index in [2.05, 4.69) is 77.8 Å². The topological polar surface area (TPSA) is 49.2 Å². The molecule has 0 amide bonds. The van der Waals surface area contributed by atoms with Crippen LogP contribution >= 0.6 is 0 Å². The maximum absolute atomic E-state index is 5.75. The average Bonchev–Trinajstić information content (AvgIpc) is 3.32. The Labute approximate surface area is 183 Å². The summed E-state index contributed by atoms with van der Waals surface area (Å²) in [4.78, 5) is 4.60. The van der Waals surface area contributed by atoms with Crippen LogP contribution in [0.5, 0.6) is 0 Å². The number of hydrogen-bond acceptors (Lipinski definition) is 4. The number of nitrogens with zero attached hydrogens (tertiary/aromatic N) is 3. The quantitative estimate of drug-likeness (QED) is 0.280. The zero-order valence-electron chi connectivity index (χ0n) is 17.9. The van der Waals surface area contributed by atoms with E-state index in [1.165, 1.54) is 0 Å². The first-order valence-corrected chi connectivity index (χ1v) is 10.6. The monoisotopic (exact) mass is 413 g/mol. The zero-order chi connectivity index (χ0) is 21.5. The van der Waals surface area contributed by atoms with Gasteiger partial charge in [-0.05, 0) is 30.5 Å². The van der Waals surface area contributed by atoms with Gasteiger partial charge in [0.2, 0.25) is 12.1 Å². The smallest absolute Gasteiger partial charge is 0.221 e. The highest BCUT2D eigenvalue weighted by Gasteiger charge is 2.40. The van der Waals surface area contributed by atoms with Gasteiger partial charge < -0.3 is 9.47 Å². The van der Waals surface area contributed by atoms with E-state index in [4.69, 9.17) is 14.6 Å². The van der Waals surface area contributed by atoms with Crippen molar-refractivity contribution in [1.82, 2.24) is 14.8 Å². The summed E-state index contributed by atoms with van der Waals surface area (Å²) in [6.45, 7) is 4.90. The van der Waals surface area contributed by atoms with Gasteiger partial charge in [-0.15, -0.1) is 5.10 Å². The Morgan fingerprint density at radius 2 is 1.13 bits per heavy atom. The second-order valence-electron chi connectivity index (χ2n) is 7.10. The van der Waals surface area contributed by atoms with Crippen molar-refractivity contribution in [2.45, 2.75) is 25.7 Å². The third kappa shape index (κ3) is 4.02. The van der Waals surface area contributed by atoms with Crippen molar-refractivity contribution in [3.63, 3.8) is 0 Å². The molecule has 0 aliphatic rings. The van der Waals surface area contributed by atoms with E-state index in [9.17, 15) is 0 Å². The number of ether oxygens (including phenoxy) is 2. The Balaban J connectivity index is 1.98. The lowest BCUT2D eigenvalue weighted by molar-refractivity contribution is -0.145. The molecule has 0 aliphatic carbocycles. The molecule has 158 valence electrons. The van der Waals surface area contributed by atoms with Gasteiger partial charge >= 0.3 is 0 Å². The van der Waals surface area contributed by atoms with Crippen molar-refractivity contribution in [3.8, 4) is 0 Å². The SMILES string of the molecule is CCOC(OCC)c1ncn(C(c2ccccc2)(c2ccccc2)c2ccccc2)n1. The third-order valence-corrected chi connectivity index (χ3v) is 5.27. The molecule has 0 saturated heterocycles. The summed E-state index contributed by atoms with van der Waals surface area (Å²) in [7, 11) is 0. The molecule has 0 radical (unpaired) electrons. The summed E-state index contributed by atoms with van der Waals surface area (Å²) in [6.07, 6.45) is 1.17. The fourth-order valence-electron chi connectivity index (χ4n) is 3.98. The summed E-state index contributed by atoms with van der Waals surface area (Å²) < 4.78 is 13.4. The molecule has 4 aromatic rings. The zero-order valence-corrected chi connectivity index (χ0v) is 17.9. The van der Waals surface area contributed by atoms with Crippen LogP contribution in [-0.4, -0.2) is 28.0 Å². The molecule has 1 heterocycles. The van der Waals surface area contributed by atoms with Crippen molar-refractivity contribution in [1.29, 1.82) is 0 Å². The largest absolute Gasteiger partial charge is 0.346 e. The molecular weight excluding hydrogens is 386 g/mol. The second-order valence-corrected chi connectivity index (χ2v) is 7.10. The molecule has 0 fully saturated rings. The minimum absolute atomic E-state index is 0.510.